The zero-order chi connectivity index (χ0) is 17.0. The van der Waals surface area contributed by atoms with E-state index in [1.54, 1.807) is 11.1 Å². The summed E-state index contributed by atoms with van der Waals surface area (Å²) < 4.78 is 5.66. The summed E-state index contributed by atoms with van der Waals surface area (Å²) in [7, 11) is 0. The lowest BCUT2D eigenvalue weighted by Gasteiger charge is -2.23. The van der Waals surface area contributed by atoms with Gasteiger partial charge in [-0.25, -0.2) is 0 Å². The zero-order valence-electron chi connectivity index (χ0n) is 13.8. The van der Waals surface area contributed by atoms with Crippen LogP contribution >= 0.6 is 0 Å². The second-order valence-electron chi connectivity index (χ2n) is 6.37. The molecule has 1 aromatic heterocycles. The van der Waals surface area contributed by atoms with Gasteiger partial charge in [0, 0.05) is 18.4 Å². The number of aryl methyl sites for hydroxylation is 1. The Bertz CT molecular complexity index is 705. The molecule has 0 saturated carbocycles. The Hall–Kier alpha value is -2.40. The molecule has 0 radical (unpaired) electrons. The summed E-state index contributed by atoms with van der Waals surface area (Å²) in [6.45, 7) is 2.96. The Labute approximate surface area is 141 Å². The number of nitrogens with zero attached hydrogens (tertiary/aromatic N) is 2. The van der Waals surface area contributed by atoms with Gasteiger partial charge in [-0.1, -0.05) is 18.2 Å². The maximum absolute atomic E-state index is 12.4. The van der Waals surface area contributed by atoms with Gasteiger partial charge in [0.25, 0.3) is 0 Å². The average Bonchev–Trinajstić information content (AvgIpc) is 2.97. The van der Waals surface area contributed by atoms with E-state index in [1.165, 1.54) is 0 Å². The van der Waals surface area contributed by atoms with E-state index >= 15 is 0 Å². The van der Waals surface area contributed by atoms with Crippen molar-refractivity contribution in [3.05, 3.63) is 59.9 Å². The third-order valence-corrected chi connectivity index (χ3v) is 4.25. The molecule has 1 aliphatic heterocycles. The maximum atomic E-state index is 12.4. The number of hydrogen-bond acceptors (Lipinski definition) is 4. The summed E-state index contributed by atoms with van der Waals surface area (Å²) in [5.41, 5.74) is 0.859. The van der Waals surface area contributed by atoms with E-state index in [4.69, 9.17) is 4.74 Å². The van der Waals surface area contributed by atoms with E-state index in [0.29, 0.717) is 25.9 Å². The third kappa shape index (κ3) is 4.11. The SMILES string of the molecule is Cc1cc(CC(=O)N2CCC(O)(COc3ccccc3)C2)ccn1. The summed E-state index contributed by atoms with van der Waals surface area (Å²) in [6.07, 6.45) is 2.58. The fourth-order valence-electron chi connectivity index (χ4n) is 2.92. The number of amides is 1. The molecule has 0 bridgehead atoms. The smallest absolute Gasteiger partial charge is 0.227 e. The summed E-state index contributed by atoms with van der Waals surface area (Å²) in [5.74, 6) is 0.749. The average molecular weight is 326 g/mol. The minimum Gasteiger partial charge on any atom is -0.491 e. The molecule has 126 valence electrons. The quantitative estimate of drug-likeness (QED) is 0.912. The van der Waals surface area contributed by atoms with E-state index in [2.05, 4.69) is 4.98 Å². The topological polar surface area (TPSA) is 62.7 Å². The number of β-amino-alcohol motifs (C(OH)–C–C–N with tert-alkyl or cyclic N) is 1. The molecule has 2 aromatic rings. The van der Waals surface area contributed by atoms with Crippen LogP contribution in [0.4, 0.5) is 0 Å². The molecule has 1 aromatic carbocycles. The molecule has 5 heteroatoms. The highest BCUT2D eigenvalue weighted by Gasteiger charge is 2.38. The van der Waals surface area contributed by atoms with Crippen molar-refractivity contribution < 1.29 is 14.6 Å². The van der Waals surface area contributed by atoms with E-state index in [1.807, 2.05) is 49.4 Å². The van der Waals surface area contributed by atoms with Gasteiger partial charge in [-0.2, -0.15) is 0 Å². The lowest BCUT2D eigenvalue weighted by Crippen LogP contribution is -2.41. The molecular weight excluding hydrogens is 304 g/mol. The Morgan fingerprint density at radius 1 is 1.33 bits per heavy atom. The molecule has 3 rings (SSSR count). The molecule has 0 aliphatic carbocycles. The Morgan fingerprint density at radius 2 is 2.12 bits per heavy atom. The molecule has 1 amide bonds. The minimum atomic E-state index is -0.986. The molecule has 1 unspecified atom stereocenters. The van der Waals surface area contributed by atoms with Crippen LogP contribution in [0.2, 0.25) is 0 Å². The van der Waals surface area contributed by atoms with Crippen molar-refractivity contribution in [3.63, 3.8) is 0 Å². The van der Waals surface area contributed by atoms with Crippen molar-refractivity contribution in [1.29, 1.82) is 0 Å². The van der Waals surface area contributed by atoms with E-state index in [0.717, 1.165) is 17.0 Å². The first kappa shape index (κ1) is 16.5. The minimum absolute atomic E-state index is 0.0243. The van der Waals surface area contributed by atoms with Crippen molar-refractivity contribution in [2.75, 3.05) is 19.7 Å². The third-order valence-electron chi connectivity index (χ3n) is 4.25. The first-order chi connectivity index (χ1) is 11.5. The summed E-state index contributed by atoms with van der Waals surface area (Å²) >= 11 is 0. The van der Waals surface area contributed by atoms with Gasteiger partial charge >= 0.3 is 0 Å². The fraction of sp³-hybridized carbons (Fsp3) is 0.368. The summed E-state index contributed by atoms with van der Waals surface area (Å²) in [6, 6.07) is 13.2. The van der Waals surface area contributed by atoms with Crippen LogP contribution in [0.15, 0.2) is 48.7 Å². The fourth-order valence-corrected chi connectivity index (χ4v) is 2.92. The van der Waals surface area contributed by atoms with Crippen LogP contribution < -0.4 is 4.74 Å². The van der Waals surface area contributed by atoms with Crippen LogP contribution in [0.3, 0.4) is 0 Å². The highest BCUT2D eigenvalue weighted by Crippen LogP contribution is 2.23. The largest absolute Gasteiger partial charge is 0.491 e. The van der Waals surface area contributed by atoms with Crippen molar-refractivity contribution in [2.24, 2.45) is 0 Å². The van der Waals surface area contributed by atoms with Gasteiger partial charge in [0.1, 0.15) is 18.0 Å². The number of rotatable bonds is 5. The molecule has 2 heterocycles. The zero-order valence-corrected chi connectivity index (χ0v) is 13.8. The van der Waals surface area contributed by atoms with Crippen LogP contribution in [0, 0.1) is 6.92 Å². The van der Waals surface area contributed by atoms with Crippen LogP contribution in [0.1, 0.15) is 17.7 Å². The maximum Gasteiger partial charge on any atom is 0.227 e. The predicted octanol–water partition coefficient (Wildman–Crippen LogP) is 1.97. The van der Waals surface area contributed by atoms with Gasteiger partial charge in [-0.3, -0.25) is 9.78 Å². The van der Waals surface area contributed by atoms with E-state index < -0.39 is 5.60 Å². The van der Waals surface area contributed by atoms with Crippen LogP contribution in [-0.2, 0) is 11.2 Å². The lowest BCUT2D eigenvalue weighted by molar-refractivity contribution is -0.130. The number of carbonyl (C=O) groups excluding carboxylic acids is 1. The standard InChI is InChI=1S/C19H22N2O3/c1-15-11-16(7-9-20-15)12-18(22)21-10-8-19(23,13-21)14-24-17-5-3-2-4-6-17/h2-7,9,11,23H,8,10,12-14H2,1H3. The van der Waals surface area contributed by atoms with Crippen LogP contribution in [0.25, 0.3) is 0 Å². The number of ether oxygens (including phenoxy) is 1. The monoisotopic (exact) mass is 326 g/mol. The number of pyridine rings is 1. The Morgan fingerprint density at radius 3 is 2.88 bits per heavy atom. The van der Waals surface area contributed by atoms with Gasteiger partial charge < -0.3 is 14.7 Å². The van der Waals surface area contributed by atoms with Gasteiger partial charge in [-0.15, -0.1) is 0 Å². The van der Waals surface area contributed by atoms with E-state index in [9.17, 15) is 9.90 Å². The molecular formula is C19H22N2O3. The highest BCUT2D eigenvalue weighted by molar-refractivity contribution is 5.79. The van der Waals surface area contributed by atoms with Gasteiger partial charge in [0.05, 0.1) is 13.0 Å². The normalized spacial score (nSPS) is 20.2. The van der Waals surface area contributed by atoms with Crippen molar-refractivity contribution in [3.8, 4) is 5.75 Å². The van der Waals surface area contributed by atoms with Crippen LogP contribution in [-0.4, -0.2) is 46.2 Å². The molecule has 1 atom stereocenters. The number of para-hydroxylation sites is 1. The van der Waals surface area contributed by atoms with Gasteiger partial charge in [-0.05, 0) is 43.2 Å². The highest BCUT2D eigenvalue weighted by atomic mass is 16.5. The molecule has 1 fully saturated rings. The first-order valence-corrected chi connectivity index (χ1v) is 8.14. The summed E-state index contributed by atoms with van der Waals surface area (Å²) in [5, 5.41) is 10.7. The molecule has 1 saturated heterocycles. The second kappa shape index (κ2) is 7.01. The molecule has 0 spiro atoms. The lowest BCUT2D eigenvalue weighted by atomic mass is 10.1. The molecule has 5 nitrogen and oxygen atoms in total. The number of benzene rings is 1. The number of aromatic nitrogens is 1. The summed E-state index contributed by atoms with van der Waals surface area (Å²) in [4.78, 5) is 18.3. The Kier molecular flexibility index (Phi) is 4.81. The molecule has 1 N–H and O–H groups in total. The van der Waals surface area contributed by atoms with Crippen LogP contribution in [0.5, 0.6) is 5.75 Å². The van der Waals surface area contributed by atoms with Crippen molar-refractivity contribution in [2.45, 2.75) is 25.4 Å². The van der Waals surface area contributed by atoms with E-state index in [-0.39, 0.29) is 12.5 Å². The van der Waals surface area contributed by atoms with Gasteiger partial charge in [0.2, 0.25) is 5.91 Å². The number of hydrogen-bond donors (Lipinski definition) is 1. The number of likely N-dealkylation sites (tertiary alicyclic amines) is 1. The number of carbonyl (C=O) groups is 1. The predicted molar refractivity (Wildman–Crippen MR) is 90.8 cm³/mol. The first-order valence-electron chi connectivity index (χ1n) is 8.14. The molecule has 1 aliphatic rings. The second-order valence-corrected chi connectivity index (χ2v) is 6.37. The van der Waals surface area contributed by atoms with Crippen molar-refractivity contribution >= 4 is 5.91 Å². The number of aliphatic hydroxyl groups is 1. The van der Waals surface area contributed by atoms with Gasteiger partial charge in [0.15, 0.2) is 0 Å². The van der Waals surface area contributed by atoms with Crippen molar-refractivity contribution in [1.82, 2.24) is 9.88 Å². The molecule has 24 heavy (non-hydrogen) atoms. The Balaban J connectivity index is 1.54.